The van der Waals surface area contributed by atoms with Gasteiger partial charge in [0.15, 0.2) is 23.0 Å². The molecule has 11 nitrogen and oxygen atoms in total. The molecule has 2 amide bonds. The fourth-order valence-corrected chi connectivity index (χ4v) is 6.36. The largest absolute Gasteiger partial charge is 0.496 e. The number of benzene rings is 3. The van der Waals surface area contributed by atoms with Crippen molar-refractivity contribution in [1.29, 1.82) is 0 Å². The number of carbonyl (C=O) groups excluding carboxylic acids is 2. The van der Waals surface area contributed by atoms with E-state index in [2.05, 4.69) is 0 Å². The Bertz CT molecular complexity index is 1700. The fraction of sp³-hybridized carbons (Fsp3) is 0.371. The van der Waals surface area contributed by atoms with Crippen LogP contribution in [0.5, 0.6) is 34.5 Å². The molecule has 3 aliphatic rings. The molecule has 6 rings (SSSR count). The molecule has 46 heavy (non-hydrogen) atoms. The Morgan fingerprint density at radius 2 is 1.70 bits per heavy atom. The Morgan fingerprint density at radius 3 is 2.37 bits per heavy atom. The van der Waals surface area contributed by atoms with Crippen molar-refractivity contribution in [2.45, 2.75) is 59.0 Å². The Kier molecular flexibility index (Phi) is 8.33. The maximum Gasteiger partial charge on any atom is 0.413 e. The first-order valence-electron chi connectivity index (χ1n) is 15.1. The quantitative estimate of drug-likeness (QED) is 0.314. The molecule has 0 bridgehead atoms. The molecule has 242 valence electrons. The summed E-state index contributed by atoms with van der Waals surface area (Å²) >= 11 is 0. The monoisotopic (exact) mass is 630 g/mol. The van der Waals surface area contributed by atoms with Crippen molar-refractivity contribution in [2.75, 3.05) is 28.1 Å². The highest BCUT2D eigenvalue weighted by Crippen LogP contribution is 2.48. The van der Waals surface area contributed by atoms with E-state index in [9.17, 15) is 9.59 Å². The van der Waals surface area contributed by atoms with Gasteiger partial charge in [-0.15, -0.1) is 0 Å². The number of hydrogen-bond donors (Lipinski definition) is 0. The Labute approximate surface area is 268 Å². The normalized spacial score (nSPS) is 18.0. The molecule has 3 heterocycles. The zero-order valence-electron chi connectivity index (χ0n) is 27.0. The molecule has 0 N–H and O–H groups in total. The number of hydrogen-bond acceptors (Lipinski definition) is 9. The lowest BCUT2D eigenvalue weighted by Crippen LogP contribution is -2.65. The molecule has 0 aromatic heterocycles. The molecular weight excluding hydrogens is 592 g/mol. The number of carbonyl (C=O) groups is 2. The third kappa shape index (κ3) is 5.29. The summed E-state index contributed by atoms with van der Waals surface area (Å²) < 4.78 is 40.9. The van der Waals surface area contributed by atoms with Crippen LogP contribution in [0.25, 0.3) is 6.08 Å². The van der Waals surface area contributed by atoms with Crippen molar-refractivity contribution in [2.24, 2.45) is 0 Å². The van der Waals surface area contributed by atoms with Crippen molar-refractivity contribution >= 4 is 18.1 Å². The van der Waals surface area contributed by atoms with Crippen LogP contribution >= 0.6 is 0 Å². The average Bonchev–Trinajstić information content (AvgIpc) is 3.51. The number of piperazine rings is 1. The van der Waals surface area contributed by atoms with Crippen LogP contribution in [0, 0.1) is 13.8 Å². The molecule has 1 fully saturated rings. The van der Waals surface area contributed by atoms with Crippen LogP contribution in [0.2, 0.25) is 0 Å². The molecular formula is C35H38N2O9. The van der Waals surface area contributed by atoms with E-state index in [4.69, 9.17) is 33.2 Å². The summed E-state index contributed by atoms with van der Waals surface area (Å²) in [6.07, 6.45) is -0.144. The summed E-state index contributed by atoms with van der Waals surface area (Å²) in [7, 11) is 4.66. The smallest absolute Gasteiger partial charge is 0.413 e. The van der Waals surface area contributed by atoms with Gasteiger partial charge in [-0.1, -0.05) is 30.3 Å². The summed E-state index contributed by atoms with van der Waals surface area (Å²) in [5.74, 6) is 2.94. The Balaban J connectivity index is 1.52. The van der Waals surface area contributed by atoms with E-state index in [1.807, 2.05) is 56.3 Å². The lowest BCUT2D eigenvalue weighted by Gasteiger charge is -2.48. The molecule has 11 heteroatoms. The van der Waals surface area contributed by atoms with Gasteiger partial charge in [-0.2, -0.15) is 0 Å². The highest BCUT2D eigenvalue weighted by atomic mass is 16.7. The Morgan fingerprint density at radius 1 is 0.957 bits per heavy atom. The zero-order valence-corrected chi connectivity index (χ0v) is 27.0. The first kappa shape index (κ1) is 30.9. The van der Waals surface area contributed by atoms with Crippen molar-refractivity contribution in [3.05, 3.63) is 76.0 Å². The van der Waals surface area contributed by atoms with E-state index in [-0.39, 0.29) is 25.7 Å². The van der Waals surface area contributed by atoms with E-state index < -0.39 is 24.5 Å². The van der Waals surface area contributed by atoms with Crippen LogP contribution in [-0.4, -0.2) is 68.3 Å². The number of ether oxygens (including phenoxy) is 7. The molecule has 0 unspecified atom stereocenters. The van der Waals surface area contributed by atoms with Gasteiger partial charge in [0.2, 0.25) is 13.0 Å². The molecule has 0 aliphatic carbocycles. The van der Waals surface area contributed by atoms with Gasteiger partial charge in [-0.05, 0) is 51.5 Å². The molecule has 0 saturated carbocycles. The van der Waals surface area contributed by atoms with E-state index in [1.165, 1.54) is 4.90 Å². The van der Waals surface area contributed by atoms with Gasteiger partial charge in [-0.25, -0.2) is 4.79 Å². The minimum Gasteiger partial charge on any atom is -0.496 e. The molecule has 3 aromatic rings. The lowest BCUT2D eigenvalue weighted by molar-refractivity contribution is -0.146. The second-order valence-corrected chi connectivity index (χ2v) is 11.6. The highest BCUT2D eigenvalue weighted by molar-refractivity contribution is 5.91. The van der Waals surface area contributed by atoms with Crippen molar-refractivity contribution in [3.8, 4) is 34.5 Å². The molecule has 3 aromatic carbocycles. The topological polar surface area (TPSA) is 105 Å². The number of nitrogens with zero attached hydrogens (tertiary/aromatic N) is 2. The number of amides is 2. The van der Waals surface area contributed by atoms with Gasteiger partial charge < -0.3 is 38.1 Å². The van der Waals surface area contributed by atoms with Crippen LogP contribution < -0.4 is 28.4 Å². The number of rotatable bonds is 8. The fourth-order valence-electron chi connectivity index (χ4n) is 6.36. The molecule has 2 atom stereocenters. The van der Waals surface area contributed by atoms with Gasteiger partial charge in [0.1, 0.15) is 17.5 Å². The molecule has 0 radical (unpaired) electrons. The minimum atomic E-state index is -1.03. The van der Waals surface area contributed by atoms with Crippen LogP contribution in [0.1, 0.15) is 41.7 Å². The SMILES string of the molecule is COc1cc(C[C@H]2C(=O)N(Cc3ccccc3)C3=Cc4cc5c(c(C)c4O[C@H]3N2C(=O)OC(C)C)OCO5)c(OC)c(C)c1OC. The van der Waals surface area contributed by atoms with Crippen molar-refractivity contribution in [3.63, 3.8) is 0 Å². The Hall–Kier alpha value is -5.06. The summed E-state index contributed by atoms with van der Waals surface area (Å²) in [6, 6.07) is 12.3. The van der Waals surface area contributed by atoms with E-state index in [0.29, 0.717) is 56.9 Å². The lowest BCUT2D eigenvalue weighted by atomic mass is 9.94. The maximum absolute atomic E-state index is 14.8. The molecule has 1 saturated heterocycles. The van der Waals surface area contributed by atoms with Crippen LogP contribution in [0.3, 0.4) is 0 Å². The first-order valence-corrected chi connectivity index (χ1v) is 15.1. The van der Waals surface area contributed by atoms with Gasteiger partial charge in [0.25, 0.3) is 5.91 Å². The third-order valence-corrected chi connectivity index (χ3v) is 8.38. The van der Waals surface area contributed by atoms with E-state index in [0.717, 1.165) is 11.1 Å². The summed E-state index contributed by atoms with van der Waals surface area (Å²) in [6.45, 7) is 7.62. The van der Waals surface area contributed by atoms with Crippen LogP contribution in [0.4, 0.5) is 4.79 Å². The first-order chi connectivity index (χ1) is 22.2. The predicted molar refractivity (Wildman–Crippen MR) is 168 cm³/mol. The van der Waals surface area contributed by atoms with Crippen molar-refractivity contribution < 1.29 is 42.7 Å². The van der Waals surface area contributed by atoms with E-state index >= 15 is 0 Å². The second-order valence-electron chi connectivity index (χ2n) is 11.6. The number of methoxy groups -OCH3 is 3. The second kappa shape index (κ2) is 12.4. The highest BCUT2D eigenvalue weighted by Gasteiger charge is 2.50. The predicted octanol–water partition coefficient (Wildman–Crippen LogP) is 5.62. The summed E-state index contributed by atoms with van der Waals surface area (Å²) in [5, 5.41) is 0. The van der Waals surface area contributed by atoms with Gasteiger partial charge in [0.05, 0.1) is 39.7 Å². The standard InChI is InChI=1S/C35H38N2O9/c1-19(2)45-35(39)37-25(13-23-15-27(40-5)31(42-7)20(3)29(23)41-6)33(38)36(17-22-11-9-8-10-12-22)26-14-24-16-28-32(44-18-43-28)21(4)30(24)46-34(26)37/h8-12,14-16,19,25,34H,13,17-18H2,1-7H3/t25-,34+/m0/s1. The minimum absolute atomic E-state index is 0.0851. The van der Waals surface area contributed by atoms with Crippen LogP contribution in [-0.2, 0) is 22.5 Å². The summed E-state index contributed by atoms with van der Waals surface area (Å²) in [4.78, 5) is 31.8. The number of fused-ring (bicyclic) bond motifs is 3. The third-order valence-electron chi connectivity index (χ3n) is 8.38. The van der Waals surface area contributed by atoms with Crippen molar-refractivity contribution in [1.82, 2.24) is 9.80 Å². The van der Waals surface area contributed by atoms with Gasteiger partial charge in [0, 0.05) is 28.7 Å². The molecule has 0 spiro atoms. The van der Waals surface area contributed by atoms with Gasteiger partial charge >= 0.3 is 6.09 Å². The maximum atomic E-state index is 14.8. The average molecular weight is 631 g/mol. The van der Waals surface area contributed by atoms with E-state index in [1.54, 1.807) is 46.1 Å². The zero-order chi connectivity index (χ0) is 32.7. The summed E-state index contributed by atoms with van der Waals surface area (Å²) in [5.41, 5.74) is 4.23. The van der Waals surface area contributed by atoms with Gasteiger partial charge in [-0.3, -0.25) is 9.69 Å². The van der Waals surface area contributed by atoms with Crippen LogP contribution in [0.15, 0.2) is 48.2 Å². The molecule has 3 aliphatic heterocycles.